The van der Waals surface area contributed by atoms with E-state index >= 15 is 0 Å². The van der Waals surface area contributed by atoms with E-state index in [2.05, 4.69) is 21.3 Å². The van der Waals surface area contributed by atoms with Crippen LogP contribution < -0.4 is 4.74 Å². The van der Waals surface area contributed by atoms with E-state index < -0.39 is 0 Å². The summed E-state index contributed by atoms with van der Waals surface area (Å²) in [6, 6.07) is 16.1. The lowest BCUT2D eigenvalue weighted by Gasteiger charge is -2.14. The lowest BCUT2D eigenvalue weighted by molar-refractivity contribution is 0.414. The number of hydrogen-bond acceptors (Lipinski definition) is 6. The molecule has 8 heteroatoms. The molecule has 0 amide bonds. The van der Waals surface area contributed by atoms with Crippen LogP contribution in [0.25, 0.3) is 22.6 Å². The molecular weight excluding hydrogens is 396 g/mol. The Balaban J connectivity index is 1.78. The smallest absolute Gasteiger partial charge is 0.155 e. The highest BCUT2D eigenvalue weighted by atomic mass is 32.2. The number of nitrogens with zero attached hydrogens (tertiary/aromatic N) is 6. The highest BCUT2D eigenvalue weighted by molar-refractivity contribution is 7.98. The molecular formula is C22H20N6OS. The van der Waals surface area contributed by atoms with Gasteiger partial charge in [0.2, 0.25) is 0 Å². The van der Waals surface area contributed by atoms with Crippen LogP contribution in [0, 0.1) is 11.3 Å². The molecule has 4 aromatic rings. The normalized spacial score (nSPS) is 10.7. The standard InChI is InChI=1S/C22H20N6OS/c1-27-20(8-10-24-27)17-12-18(21-9-11-25-28(21)2)26-19(13-23)22(17)30-14-15-4-6-16(29-3)7-5-15/h4-12H,14H2,1-3H3. The maximum Gasteiger partial charge on any atom is 0.155 e. The number of aromatic nitrogens is 5. The molecule has 150 valence electrons. The van der Waals surface area contributed by atoms with Gasteiger partial charge in [0, 0.05) is 37.8 Å². The third-order valence-electron chi connectivity index (χ3n) is 4.80. The average molecular weight is 417 g/mol. The summed E-state index contributed by atoms with van der Waals surface area (Å²) in [5.74, 6) is 1.52. The molecule has 0 aliphatic rings. The third-order valence-corrected chi connectivity index (χ3v) is 5.98. The molecule has 0 atom stereocenters. The molecule has 0 spiro atoms. The Morgan fingerprint density at radius 3 is 2.23 bits per heavy atom. The zero-order chi connectivity index (χ0) is 21.1. The van der Waals surface area contributed by atoms with Crippen LogP contribution in [0.15, 0.2) is 59.8 Å². The molecule has 0 bridgehead atoms. The molecule has 0 unspecified atom stereocenters. The van der Waals surface area contributed by atoms with Crippen molar-refractivity contribution < 1.29 is 4.74 Å². The Kier molecular flexibility index (Phi) is 5.55. The minimum absolute atomic E-state index is 0.392. The Morgan fingerprint density at radius 2 is 1.67 bits per heavy atom. The van der Waals surface area contributed by atoms with E-state index in [1.165, 1.54) is 0 Å². The van der Waals surface area contributed by atoms with Gasteiger partial charge in [-0.1, -0.05) is 12.1 Å². The van der Waals surface area contributed by atoms with Gasteiger partial charge in [0.25, 0.3) is 0 Å². The van der Waals surface area contributed by atoms with Crippen molar-refractivity contribution >= 4 is 11.8 Å². The van der Waals surface area contributed by atoms with Crippen molar-refractivity contribution in [3.63, 3.8) is 0 Å². The Morgan fingerprint density at radius 1 is 1.00 bits per heavy atom. The summed E-state index contributed by atoms with van der Waals surface area (Å²) in [4.78, 5) is 5.48. The van der Waals surface area contributed by atoms with Gasteiger partial charge in [-0.05, 0) is 35.9 Å². The van der Waals surface area contributed by atoms with Crippen LogP contribution >= 0.6 is 11.8 Å². The van der Waals surface area contributed by atoms with E-state index in [9.17, 15) is 5.26 Å². The SMILES string of the molecule is COc1ccc(CSc2c(-c3ccnn3C)cc(-c3ccnn3C)nc2C#N)cc1. The highest BCUT2D eigenvalue weighted by Crippen LogP contribution is 2.37. The summed E-state index contributed by atoms with van der Waals surface area (Å²) >= 11 is 1.59. The quantitative estimate of drug-likeness (QED) is 0.441. The van der Waals surface area contributed by atoms with Crippen molar-refractivity contribution in [1.82, 2.24) is 24.5 Å². The van der Waals surface area contributed by atoms with E-state index in [-0.39, 0.29) is 0 Å². The fraction of sp³-hybridized carbons (Fsp3) is 0.182. The second kappa shape index (κ2) is 8.43. The molecule has 0 fully saturated rings. The van der Waals surface area contributed by atoms with Crippen molar-refractivity contribution in [1.29, 1.82) is 5.26 Å². The zero-order valence-electron chi connectivity index (χ0n) is 16.9. The molecule has 0 N–H and O–H groups in total. The molecule has 0 saturated carbocycles. The van der Waals surface area contributed by atoms with Gasteiger partial charge >= 0.3 is 0 Å². The summed E-state index contributed by atoms with van der Waals surface area (Å²) in [6.07, 6.45) is 3.47. The number of benzene rings is 1. The number of ether oxygens (including phenoxy) is 1. The molecule has 0 saturated heterocycles. The van der Waals surface area contributed by atoms with E-state index in [0.717, 1.165) is 33.2 Å². The Labute approximate surface area is 178 Å². The number of thioether (sulfide) groups is 1. The Bertz CT molecular complexity index is 1220. The van der Waals surface area contributed by atoms with Gasteiger partial charge in [-0.2, -0.15) is 15.5 Å². The van der Waals surface area contributed by atoms with Crippen molar-refractivity contribution in [2.45, 2.75) is 10.6 Å². The van der Waals surface area contributed by atoms with Gasteiger partial charge in [-0.3, -0.25) is 9.36 Å². The van der Waals surface area contributed by atoms with E-state index in [1.54, 1.807) is 40.6 Å². The first-order valence-corrected chi connectivity index (χ1v) is 10.3. The molecule has 4 rings (SSSR count). The second-order valence-electron chi connectivity index (χ2n) is 6.66. The zero-order valence-corrected chi connectivity index (χ0v) is 17.7. The van der Waals surface area contributed by atoms with Crippen molar-refractivity contribution in [2.75, 3.05) is 7.11 Å². The van der Waals surface area contributed by atoms with Crippen LogP contribution in [0.2, 0.25) is 0 Å². The van der Waals surface area contributed by atoms with Crippen LogP contribution in [0.5, 0.6) is 5.75 Å². The van der Waals surface area contributed by atoms with Gasteiger partial charge in [-0.15, -0.1) is 11.8 Å². The van der Waals surface area contributed by atoms with Gasteiger partial charge in [-0.25, -0.2) is 4.98 Å². The van der Waals surface area contributed by atoms with Gasteiger partial charge < -0.3 is 4.74 Å². The lowest BCUT2D eigenvalue weighted by Crippen LogP contribution is -2.02. The minimum atomic E-state index is 0.392. The predicted molar refractivity (Wildman–Crippen MR) is 116 cm³/mol. The third kappa shape index (κ3) is 3.80. The van der Waals surface area contributed by atoms with Crippen LogP contribution in [-0.2, 0) is 19.8 Å². The summed E-state index contributed by atoms with van der Waals surface area (Å²) < 4.78 is 8.79. The molecule has 0 aliphatic carbocycles. The van der Waals surface area contributed by atoms with Crippen LogP contribution in [0.3, 0.4) is 0 Å². The summed E-state index contributed by atoms with van der Waals surface area (Å²) in [5, 5.41) is 18.4. The molecule has 0 aliphatic heterocycles. The highest BCUT2D eigenvalue weighted by Gasteiger charge is 2.19. The number of rotatable bonds is 6. The first-order chi connectivity index (χ1) is 14.6. The molecule has 1 aromatic carbocycles. The van der Waals surface area contributed by atoms with E-state index in [4.69, 9.17) is 4.74 Å². The summed E-state index contributed by atoms with van der Waals surface area (Å²) in [5.41, 5.74) is 4.93. The molecule has 7 nitrogen and oxygen atoms in total. The lowest BCUT2D eigenvalue weighted by atomic mass is 10.1. The van der Waals surface area contributed by atoms with Crippen molar-refractivity contribution in [3.8, 4) is 34.5 Å². The van der Waals surface area contributed by atoms with Crippen LogP contribution in [0.1, 0.15) is 11.3 Å². The molecule has 30 heavy (non-hydrogen) atoms. The van der Waals surface area contributed by atoms with E-state index in [1.807, 2.05) is 56.6 Å². The second-order valence-corrected chi connectivity index (χ2v) is 7.65. The maximum absolute atomic E-state index is 9.88. The first-order valence-electron chi connectivity index (χ1n) is 9.28. The largest absolute Gasteiger partial charge is 0.497 e. The molecule has 3 aromatic heterocycles. The van der Waals surface area contributed by atoms with Crippen LogP contribution in [-0.4, -0.2) is 31.7 Å². The predicted octanol–water partition coefficient (Wildman–Crippen LogP) is 4.06. The number of hydrogen-bond donors (Lipinski definition) is 0. The topological polar surface area (TPSA) is 81.5 Å². The number of methoxy groups -OCH3 is 1. The van der Waals surface area contributed by atoms with Crippen LogP contribution in [0.4, 0.5) is 0 Å². The number of aryl methyl sites for hydroxylation is 2. The first kappa shape index (κ1) is 19.7. The number of nitriles is 1. The average Bonchev–Trinajstić information content (AvgIpc) is 3.40. The van der Waals surface area contributed by atoms with E-state index in [0.29, 0.717) is 17.1 Å². The fourth-order valence-electron chi connectivity index (χ4n) is 3.22. The Hall–Kier alpha value is -3.57. The maximum atomic E-state index is 9.88. The van der Waals surface area contributed by atoms with Crippen molar-refractivity contribution in [3.05, 3.63) is 66.1 Å². The van der Waals surface area contributed by atoms with Gasteiger partial charge in [0.1, 0.15) is 11.8 Å². The molecule has 3 heterocycles. The van der Waals surface area contributed by atoms with Gasteiger partial charge in [0.05, 0.1) is 29.1 Å². The number of pyridine rings is 1. The summed E-state index contributed by atoms with van der Waals surface area (Å²) in [6.45, 7) is 0. The minimum Gasteiger partial charge on any atom is -0.497 e. The van der Waals surface area contributed by atoms with Gasteiger partial charge in [0.15, 0.2) is 5.69 Å². The monoisotopic (exact) mass is 416 g/mol. The van der Waals surface area contributed by atoms with Crippen molar-refractivity contribution in [2.24, 2.45) is 14.1 Å². The fourth-order valence-corrected chi connectivity index (χ4v) is 4.27. The molecule has 0 radical (unpaired) electrons. The summed E-state index contributed by atoms with van der Waals surface area (Å²) in [7, 11) is 5.40.